The normalized spacial score (nSPS) is 22.8. The fourth-order valence-corrected chi connectivity index (χ4v) is 6.52. The van der Waals surface area contributed by atoms with E-state index in [1.807, 2.05) is 55.5 Å². The van der Waals surface area contributed by atoms with Crippen LogP contribution in [-0.4, -0.2) is 48.3 Å². The van der Waals surface area contributed by atoms with Gasteiger partial charge in [0.25, 0.3) is 0 Å². The molecule has 0 radical (unpaired) electrons. The lowest BCUT2D eigenvalue weighted by atomic mass is 9.80. The van der Waals surface area contributed by atoms with E-state index in [0.717, 1.165) is 43.1 Å². The maximum Gasteiger partial charge on any atom is 0.233 e. The van der Waals surface area contributed by atoms with E-state index in [-0.39, 0.29) is 23.8 Å². The van der Waals surface area contributed by atoms with E-state index < -0.39 is 22.6 Å². The Balaban J connectivity index is 1.36. The summed E-state index contributed by atoms with van der Waals surface area (Å²) < 4.78 is 28.3. The molecule has 1 aliphatic carbocycles. The van der Waals surface area contributed by atoms with Gasteiger partial charge >= 0.3 is 0 Å². The van der Waals surface area contributed by atoms with Gasteiger partial charge in [-0.05, 0) is 60.9 Å². The zero-order valence-corrected chi connectivity index (χ0v) is 23.4. The van der Waals surface area contributed by atoms with E-state index in [2.05, 4.69) is 22.3 Å². The van der Waals surface area contributed by atoms with Gasteiger partial charge in [-0.25, -0.2) is 8.78 Å². The van der Waals surface area contributed by atoms with Crippen LogP contribution in [0, 0.1) is 17.6 Å². The van der Waals surface area contributed by atoms with Crippen LogP contribution >= 0.6 is 0 Å². The predicted molar refractivity (Wildman–Crippen MR) is 151 cm³/mol. The number of rotatable bonds is 8. The summed E-state index contributed by atoms with van der Waals surface area (Å²) in [5.41, 5.74) is 1.31. The van der Waals surface area contributed by atoms with Crippen LogP contribution in [0.4, 0.5) is 8.78 Å². The number of carbonyl (C=O) groups excluding carboxylic acids is 2. The second kappa shape index (κ2) is 11.1. The summed E-state index contributed by atoms with van der Waals surface area (Å²) in [7, 11) is 1.79. The van der Waals surface area contributed by atoms with Crippen LogP contribution in [0.1, 0.15) is 55.8 Å². The number of piperidine rings is 1. The molecule has 5 nitrogen and oxygen atoms in total. The molecule has 1 saturated heterocycles. The van der Waals surface area contributed by atoms with Crippen molar-refractivity contribution in [1.29, 1.82) is 0 Å². The van der Waals surface area contributed by atoms with E-state index in [1.54, 1.807) is 24.9 Å². The Labute approximate surface area is 235 Å². The molecular formula is C33H37F2N3O2. The van der Waals surface area contributed by atoms with E-state index >= 15 is 0 Å². The molecule has 1 heterocycles. The number of hydrogen-bond acceptors (Lipinski definition) is 3. The number of halogens is 2. The van der Waals surface area contributed by atoms with Crippen LogP contribution in [0.15, 0.2) is 78.9 Å². The molecule has 3 aromatic rings. The second-order valence-electron chi connectivity index (χ2n) is 11.4. The van der Waals surface area contributed by atoms with Crippen molar-refractivity contribution in [2.75, 3.05) is 26.7 Å². The molecule has 0 spiro atoms. The Kier molecular flexibility index (Phi) is 7.78. The smallest absolute Gasteiger partial charge is 0.233 e. The molecule has 210 valence electrons. The van der Waals surface area contributed by atoms with Gasteiger partial charge in [0.05, 0.1) is 17.0 Å². The maximum atomic E-state index is 14.4. The largest absolute Gasteiger partial charge is 0.347 e. The van der Waals surface area contributed by atoms with Crippen molar-refractivity contribution in [3.63, 3.8) is 0 Å². The summed E-state index contributed by atoms with van der Waals surface area (Å²) >= 11 is 0. The number of likely N-dealkylation sites (N-methyl/N-ethyl adjacent to an activating group) is 1. The van der Waals surface area contributed by atoms with Crippen molar-refractivity contribution in [2.24, 2.45) is 5.92 Å². The van der Waals surface area contributed by atoms with Crippen molar-refractivity contribution in [3.8, 4) is 0 Å². The average Bonchev–Trinajstić information content (AvgIpc) is 3.69. The van der Waals surface area contributed by atoms with Gasteiger partial charge in [-0.2, -0.15) is 0 Å². The highest BCUT2D eigenvalue weighted by molar-refractivity contribution is 5.92. The first kappa shape index (κ1) is 28.0. The second-order valence-corrected chi connectivity index (χ2v) is 11.4. The minimum atomic E-state index is -0.935. The Bertz CT molecular complexity index is 1360. The molecule has 7 heteroatoms. The quantitative estimate of drug-likeness (QED) is 0.403. The van der Waals surface area contributed by atoms with Gasteiger partial charge < -0.3 is 15.1 Å². The summed E-state index contributed by atoms with van der Waals surface area (Å²) in [6.07, 6.45) is 2.08. The van der Waals surface area contributed by atoms with Gasteiger partial charge in [-0.1, -0.05) is 66.7 Å². The minimum Gasteiger partial charge on any atom is -0.347 e. The molecule has 5 rings (SSSR count). The lowest BCUT2D eigenvalue weighted by Gasteiger charge is -2.43. The van der Waals surface area contributed by atoms with Crippen molar-refractivity contribution >= 4 is 11.8 Å². The molecule has 40 heavy (non-hydrogen) atoms. The van der Waals surface area contributed by atoms with E-state index in [1.165, 1.54) is 6.07 Å². The first-order valence-electron chi connectivity index (χ1n) is 14.0. The first-order valence-corrected chi connectivity index (χ1v) is 14.0. The molecule has 2 aliphatic rings. The Morgan fingerprint density at radius 1 is 0.950 bits per heavy atom. The predicted octanol–water partition coefficient (Wildman–Crippen LogP) is 5.57. The van der Waals surface area contributed by atoms with Crippen molar-refractivity contribution < 1.29 is 18.4 Å². The third kappa shape index (κ3) is 5.27. The molecule has 2 amide bonds. The number of carbonyl (C=O) groups is 2. The molecule has 1 unspecified atom stereocenters. The van der Waals surface area contributed by atoms with Crippen LogP contribution in [0.2, 0.25) is 0 Å². The number of benzene rings is 3. The van der Waals surface area contributed by atoms with E-state index in [0.29, 0.717) is 18.5 Å². The highest BCUT2D eigenvalue weighted by Crippen LogP contribution is 2.56. The SMILES string of the molecule is CC(=O)NC1(c2ccccc2)CCN(C[C@@H]2C[C@@]2(C(=O)N(C)C(C)c2ccccc2)c2ccc(F)c(F)c2)CC1. The number of likely N-dealkylation sites (tertiary alicyclic amines) is 1. The zero-order chi connectivity index (χ0) is 28.5. The molecule has 0 bridgehead atoms. The number of hydrogen-bond donors (Lipinski definition) is 1. The monoisotopic (exact) mass is 545 g/mol. The summed E-state index contributed by atoms with van der Waals surface area (Å²) in [4.78, 5) is 30.3. The summed E-state index contributed by atoms with van der Waals surface area (Å²) in [6, 6.07) is 23.6. The number of nitrogens with zero attached hydrogens (tertiary/aromatic N) is 2. The highest BCUT2D eigenvalue weighted by Gasteiger charge is 2.62. The molecule has 3 aromatic carbocycles. The topological polar surface area (TPSA) is 52.7 Å². The fourth-order valence-electron chi connectivity index (χ4n) is 6.52. The van der Waals surface area contributed by atoms with Gasteiger partial charge in [0, 0.05) is 33.6 Å². The molecular weight excluding hydrogens is 508 g/mol. The van der Waals surface area contributed by atoms with E-state index in [4.69, 9.17) is 0 Å². The van der Waals surface area contributed by atoms with Gasteiger partial charge in [0.2, 0.25) is 11.8 Å². The maximum absolute atomic E-state index is 14.4. The third-order valence-electron chi connectivity index (χ3n) is 9.03. The van der Waals surface area contributed by atoms with Crippen LogP contribution in [-0.2, 0) is 20.5 Å². The zero-order valence-electron chi connectivity index (χ0n) is 23.4. The van der Waals surface area contributed by atoms with Crippen LogP contribution < -0.4 is 5.32 Å². The van der Waals surface area contributed by atoms with Crippen molar-refractivity contribution in [3.05, 3.63) is 107 Å². The van der Waals surface area contributed by atoms with Crippen molar-refractivity contribution in [1.82, 2.24) is 15.1 Å². The molecule has 3 atom stereocenters. The summed E-state index contributed by atoms with van der Waals surface area (Å²) in [6.45, 7) is 5.71. The molecule has 1 N–H and O–H groups in total. The Morgan fingerprint density at radius 2 is 1.57 bits per heavy atom. The van der Waals surface area contributed by atoms with Crippen molar-refractivity contribution in [2.45, 2.75) is 50.1 Å². The number of nitrogens with one attached hydrogen (secondary N) is 1. The third-order valence-corrected chi connectivity index (χ3v) is 9.03. The lowest BCUT2D eigenvalue weighted by molar-refractivity contribution is -0.135. The average molecular weight is 546 g/mol. The lowest BCUT2D eigenvalue weighted by Crippen LogP contribution is -2.53. The van der Waals surface area contributed by atoms with Crippen LogP contribution in [0.5, 0.6) is 0 Å². The van der Waals surface area contributed by atoms with Gasteiger partial charge in [0.15, 0.2) is 11.6 Å². The number of amides is 2. The van der Waals surface area contributed by atoms with Gasteiger partial charge in [-0.15, -0.1) is 0 Å². The van der Waals surface area contributed by atoms with Crippen LogP contribution in [0.3, 0.4) is 0 Å². The fraction of sp³-hybridized carbons (Fsp3) is 0.394. The molecule has 0 aromatic heterocycles. The molecule has 1 aliphatic heterocycles. The van der Waals surface area contributed by atoms with Crippen LogP contribution in [0.25, 0.3) is 0 Å². The van der Waals surface area contributed by atoms with Gasteiger partial charge in [0.1, 0.15) is 0 Å². The van der Waals surface area contributed by atoms with E-state index in [9.17, 15) is 18.4 Å². The molecule has 2 fully saturated rings. The first-order chi connectivity index (χ1) is 19.2. The molecule has 1 saturated carbocycles. The standard InChI is InChI=1S/C33H37F2N3O2/c1-23(25-10-6-4-7-11-25)37(3)31(40)33(27-14-15-29(34)30(35)20-27)21-28(33)22-38-18-16-32(17-19-38,36-24(2)39)26-12-8-5-9-13-26/h4-15,20,23,28H,16-19,21-22H2,1-3H3,(H,36,39)/t23?,28-,33+/m0/s1. The minimum absolute atomic E-state index is 0.0275. The van der Waals surface area contributed by atoms with Gasteiger partial charge in [-0.3, -0.25) is 9.59 Å². The Hall–Kier alpha value is -3.58. The summed E-state index contributed by atoms with van der Waals surface area (Å²) in [5.74, 6) is -2.01. The Morgan fingerprint density at radius 3 is 2.17 bits per heavy atom. The highest BCUT2D eigenvalue weighted by atomic mass is 19.2. The summed E-state index contributed by atoms with van der Waals surface area (Å²) in [5, 5.41) is 3.21.